The number of hydrogen-bond acceptors (Lipinski definition) is 8. The topological polar surface area (TPSA) is 99.0 Å². The van der Waals surface area contributed by atoms with Crippen LogP contribution >= 0.6 is 11.3 Å². The SMILES string of the molecule is COC(=O)C1=C(C(=O)c2cccs2)C(c2ccccc2)n2nnnc2N1. The van der Waals surface area contributed by atoms with E-state index in [4.69, 9.17) is 4.74 Å². The number of Topliss-reactive ketones (excluding diaryl/α,β-unsaturated/α-hetero) is 1. The summed E-state index contributed by atoms with van der Waals surface area (Å²) < 4.78 is 6.37. The third kappa shape index (κ3) is 2.58. The lowest BCUT2D eigenvalue weighted by atomic mass is 9.91. The van der Waals surface area contributed by atoms with Gasteiger partial charge in [0.05, 0.1) is 17.6 Å². The van der Waals surface area contributed by atoms with Crippen LogP contribution in [-0.4, -0.2) is 39.1 Å². The Morgan fingerprint density at radius 1 is 1.19 bits per heavy atom. The Balaban J connectivity index is 1.96. The highest BCUT2D eigenvalue weighted by Crippen LogP contribution is 2.36. The lowest BCUT2D eigenvalue weighted by molar-refractivity contribution is -0.136. The predicted molar refractivity (Wildman–Crippen MR) is 93.7 cm³/mol. The molecule has 1 aliphatic heterocycles. The number of allylic oxidation sites excluding steroid dienone is 1. The minimum Gasteiger partial charge on any atom is -0.464 e. The van der Waals surface area contributed by atoms with Crippen molar-refractivity contribution in [2.75, 3.05) is 12.4 Å². The van der Waals surface area contributed by atoms with Gasteiger partial charge in [0, 0.05) is 0 Å². The van der Waals surface area contributed by atoms with E-state index in [1.165, 1.54) is 23.1 Å². The number of carbonyl (C=O) groups is 2. The monoisotopic (exact) mass is 367 g/mol. The largest absolute Gasteiger partial charge is 0.464 e. The first-order chi connectivity index (χ1) is 12.7. The molecule has 0 bridgehead atoms. The molecule has 1 N–H and O–H groups in total. The molecule has 26 heavy (non-hydrogen) atoms. The van der Waals surface area contributed by atoms with Crippen molar-refractivity contribution in [1.82, 2.24) is 20.2 Å². The summed E-state index contributed by atoms with van der Waals surface area (Å²) in [5.74, 6) is -0.662. The van der Waals surface area contributed by atoms with Gasteiger partial charge in [-0.05, 0) is 27.4 Å². The molecular weight excluding hydrogens is 354 g/mol. The van der Waals surface area contributed by atoms with Gasteiger partial charge in [0.1, 0.15) is 11.7 Å². The molecule has 0 fully saturated rings. The summed E-state index contributed by atoms with van der Waals surface area (Å²) in [5, 5.41) is 16.2. The zero-order chi connectivity index (χ0) is 18.1. The van der Waals surface area contributed by atoms with Crippen molar-refractivity contribution in [3.8, 4) is 0 Å². The first-order valence-corrected chi connectivity index (χ1v) is 8.59. The molecule has 8 nitrogen and oxygen atoms in total. The second-order valence-electron chi connectivity index (χ2n) is 5.47. The molecule has 4 rings (SSSR count). The number of anilines is 1. The van der Waals surface area contributed by atoms with Crippen molar-refractivity contribution in [3.63, 3.8) is 0 Å². The average molecular weight is 367 g/mol. The van der Waals surface area contributed by atoms with Gasteiger partial charge in [-0.15, -0.1) is 11.3 Å². The van der Waals surface area contributed by atoms with Gasteiger partial charge in [-0.2, -0.15) is 4.68 Å². The molecule has 1 aromatic carbocycles. The maximum absolute atomic E-state index is 13.2. The predicted octanol–water partition coefficient (Wildman–Crippen LogP) is 2.06. The summed E-state index contributed by atoms with van der Waals surface area (Å²) in [7, 11) is 1.26. The number of rotatable bonds is 4. The van der Waals surface area contributed by atoms with Crippen molar-refractivity contribution < 1.29 is 14.3 Å². The van der Waals surface area contributed by atoms with Crippen molar-refractivity contribution in [1.29, 1.82) is 0 Å². The van der Waals surface area contributed by atoms with E-state index in [9.17, 15) is 9.59 Å². The summed E-state index contributed by atoms with van der Waals surface area (Å²) >= 11 is 1.30. The van der Waals surface area contributed by atoms with Gasteiger partial charge in [0.2, 0.25) is 11.7 Å². The lowest BCUT2D eigenvalue weighted by Gasteiger charge is -2.27. The van der Waals surface area contributed by atoms with Crippen molar-refractivity contribution in [2.45, 2.75) is 6.04 Å². The zero-order valence-corrected chi connectivity index (χ0v) is 14.4. The molecule has 0 amide bonds. The molecule has 3 heterocycles. The van der Waals surface area contributed by atoms with Crippen LogP contribution in [0.1, 0.15) is 21.3 Å². The third-order valence-electron chi connectivity index (χ3n) is 4.01. The number of aromatic nitrogens is 4. The Morgan fingerprint density at radius 3 is 2.69 bits per heavy atom. The molecule has 0 saturated carbocycles. The van der Waals surface area contributed by atoms with Gasteiger partial charge in [0.25, 0.3) is 0 Å². The number of nitrogens with zero attached hydrogens (tertiary/aromatic N) is 4. The Bertz CT molecular complexity index is 995. The van der Waals surface area contributed by atoms with Crippen LogP contribution in [0, 0.1) is 0 Å². The minimum atomic E-state index is -0.653. The number of benzene rings is 1. The number of ether oxygens (including phenoxy) is 1. The van der Waals surface area contributed by atoms with E-state index in [1.807, 2.05) is 35.7 Å². The quantitative estimate of drug-likeness (QED) is 0.556. The van der Waals surface area contributed by atoms with Gasteiger partial charge in [-0.1, -0.05) is 41.5 Å². The number of nitrogens with one attached hydrogen (secondary N) is 1. The Morgan fingerprint density at radius 2 is 2.00 bits per heavy atom. The second-order valence-corrected chi connectivity index (χ2v) is 6.42. The molecule has 130 valence electrons. The molecule has 3 aromatic rings. The molecule has 9 heteroatoms. The molecule has 0 spiro atoms. The number of methoxy groups -OCH3 is 1. The van der Waals surface area contributed by atoms with Crippen LogP contribution in [0.15, 0.2) is 59.1 Å². The Hall–Kier alpha value is -3.33. The van der Waals surface area contributed by atoms with Gasteiger partial charge < -0.3 is 10.1 Å². The summed E-state index contributed by atoms with van der Waals surface area (Å²) in [4.78, 5) is 26.1. The molecule has 1 unspecified atom stereocenters. The molecule has 1 atom stereocenters. The molecule has 1 aliphatic rings. The summed E-state index contributed by atoms with van der Waals surface area (Å²) in [5.41, 5.74) is 1.07. The maximum Gasteiger partial charge on any atom is 0.355 e. The summed E-state index contributed by atoms with van der Waals surface area (Å²) in [6.07, 6.45) is 0. The highest BCUT2D eigenvalue weighted by atomic mass is 32.1. The molecule has 2 aromatic heterocycles. The van der Waals surface area contributed by atoms with E-state index >= 15 is 0 Å². The standard InChI is InChI=1S/C17H13N5O3S/c1-25-16(24)13-12(15(23)11-8-5-9-26-11)14(10-6-3-2-4-7-10)22-17(18-13)19-20-21-22/h2-9,14H,1H3,(H,18,19,21). The molecular formula is C17H13N5O3S. The van der Waals surface area contributed by atoms with Crippen LogP contribution in [0.4, 0.5) is 5.95 Å². The van der Waals surface area contributed by atoms with Crippen LogP contribution in [-0.2, 0) is 9.53 Å². The van der Waals surface area contributed by atoms with Crippen LogP contribution in [0.5, 0.6) is 0 Å². The fourth-order valence-corrected chi connectivity index (χ4v) is 3.55. The lowest BCUT2D eigenvalue weighted by Crippen LogP contribution is -2.32. The third-order valence-corrected chi connectivity index (χ3v) is 4.88. The smallest absolute Gasteiger partial charge is 0.355 e. The van der Waals surface area contributed by atoms with Gasteiger partial charge in [-0.3, -0.25) is 4.79 Å². The van der Waals surface area contributed by atoms with Gasteiger partial charge in [-0.25, -0.2) is 4.79 Å². The number of hydrogen-bond donors (Lipinski definition) is 1. The first kappa shape index (κ1) is 16.2. The van der Waals surface area contributed by atoms with Crippen LogP contribution in [0.25, 0.3) is 0 Å². The fraction of sp³-hybridized carbons (Fsp3) is 0.118. The van der Waals surface area contributed by atoms with Crippen LogP contribution < -0.4 is 5.32 Å². The van der Waals surface area contributed by atoms with Crippen LogP contribution in [0.3, 0.4) is 0 Å². The molecule has 0 saturated heterocycles. The van der Waals surface area contributed by atoms with E-state index in [-0.39, 0.29) is 23.0 Å². The maximum atomic E-state index is 13.2. The summed E-state index contributed by atoms with van der Waals surface area (Å²) in [6, 6.07) is 12.1. The number of thiophene rings is 1. The highest BCUT2D eigenvalue weighted by Gasteiger charge is 2.38. The fourth-order valence-electron chi connectivity index (χ4n) is 2.87. The van der Waals surface area contributed by atoms with E-state index in [2.05, 4.69) is 20.8 Å². The van der Waals surface area contributed by atoms with Crippen LogP contribution in [0.2, 0.25) is 0 Å². The summed E-state index contributed by atoms with van der Waals surface area (Å²) in [6.45, 7) is 0. The number of fused-ring (bicyclic) bond motifs is 1. The number of esters is 1. The van der Waals surface area contributed by atoms with Crippen molar-refractivity contribution >= 4 is 29.0 Å². The first-order valence-electron chi connectivity index (χ1n) is 7.71. The number of carbonyl (C=O) groups excluding carboxylic acids is 2. The molecule has 0 aliphatic carbocycles. The van der Waals surface area contributed by atoms with Gasteiger partial charge >= 0.3 is 5.97 Å². The Labute approximate surface area is 152 Å². The van der Waals surface area contributed by atoms with Crippen molar-refractivity contribution in [3.05, 3.63) is 69.6 Å². The minimum absolute atomic E-state index is 0.0436. The Kier molecular flexibility index (Phi) is 4.05. The van der Waals surface area contributed by atoms with E-state index in [0.717, 1.165) is 5.56 Å². The van der Waals surface area contributed by atoms with Crippen molar-refractivity contribution in [2.24, 2.45) is 0 Å². The number of tetrazole rings is 1. The van der Waals surface area contributed by atoms with E-state index in [0.29, 0.717) is 4.88 Å². The van der Waals surface area contributed by atoms with E-state index in [1.54, 1.807) is 12.1 Å². The number of ketones is 1. The van der Waals surface area contributed by atoms with Gasteiger partial charge in [0.15, 0.2) is 0 Å². The second kappa shape index (κ2) is 6.52. The van der Waals surface area contributed by atoms with E-state index < -0.39 is 12.0 Å². The highest BCUT2D eigenvalue weighted by molar-refractivity contribution is 7.12. The normalized spacial score (nSPS) is 16.0. The zero-order valence-electron chi connectivity index (χ0n) is 13.6. The molecule has 0 radical (unpaired) electrons. The average Bonchev–Trinajstić information content (AvgIpc) is 3.37.